The van der Waals surface area contributed by atoms with Gasteiger partial charge in [0.15, 0.2) is 16.7 Å². The molecule has 19 aromatic rings. The van der Waals surface area contributed by atoms with Crippen molar-refractivity contribution in [3.8, 4) is 68.0 Å². The predicted octanol–water partition coefficient (Wildman–Crippen LogP) is 23.4. The summed E-state index contributed by atoms with van der Waals surface area (Å²) in [5, 5.41) is 9.91. The second-order valence-electron chi connectivity index (χ2n) is 26.7. The van der Waals surface area contributed by atoms with Gasteiger partial charge in [0.1, 0.15) is 16.6 Å². The van der Waals surface area contributed by atoms with Crippen LogP contribution in [0.4, 0.5) is 0 Å². The van der Waals surface area contributed by atoms with Crippen LogP contribution in [0.5, 0.6) is 0 Å². The average molecular weight is 1370 g/mol. The van der Waals surface area contributed by atoms with Crippen molar-refractivity contribution in [3.05, 3.63) is 314 Å². The van der Waals surface area contributed by atoms with E-state index in [4.69, 9.17) is 32.5 Å². The van der Waals surface area contributed by atoms with E-state index in [0.717, 1.165) is 98.9 Å². The quantitative estimate of drug-likeness (QED) is 0.139. The summed E-state index contributed by atoms with van der Waals surface area (Å²) in [5.74, 6) is 1.87. The van der Waals surface area contributed by atoms with Crippen LogP contribution < -0.4 is 5.46 Å². The number of hydrogen-bond acceptors (Lipinski definition) is 8. The Labute approximate surface area is 590 Å². The fraction of sp³-hybridized carbons (Fsp3) is 0.0674. The molecule has 0 N–H and O–H groups in total. The van der Waals surface area contributed by atoms with Gasteiger partial charge in [-0.1, -0.05) is 180 Å². The predicted molar refractivity (Wildman–Crippen MR) is 416 cm³/mol. The molecule has 5 aromatic heterocycles. The van der Waals surface area contributed by atoms with Crippen LogP contribution in [-0.2, 0) is 9.31 Å². The fourth-order valence-electron chi connectivity index (χ4n) is 13.9. The molecule has 0 unspecified atom stereocenters. The molecule has 1 aliphatic rings. The summed E-state index contributed by atoms with van der Waals surface area (Å²) in [5.41, 5.74) is 19.8. The van der Waals surface area contributed by atoms with Crippen molar-refractivity contribution in [1.82, 2.24) is 24.1 Å². The zero-order valence-corrected chi connectivity index (χ0v) is 57.3. The van der Waals surface area contributed by atoms with Crippen LogP contribution in [0.15, 0.2) is 327 Å². The maximum absolute atomic E-state index is 6.08. The lowest BCUT2D eigenvalue weighted by atomic mass is 9.79. The average Bonchev–Trinajstić information content (AvgIpc) is 1.60. The van der Waals surface area contributed by atoms with Crippen molar-refractivity contribution >= 4 is 127 Å². The van der Waals surface area contributed by atoms with Crippen LogP contribution in [0.2, 0.25) is 0 Å². The molecule has 10 nitrogen and oxygen atoms in total. The topological polar surface area (TPSA) is 106 Å². The zero-order chi connectivity index (χ0) is 67.9. The van der Waals surface area contributed by atoms with E-state index in [1.54, 1.807) is 0 Å². The Morgan fingerprint density at radius 3 is 1.09 bits per heavy atom. The number of fused-ring (bicyclic) bond motifs is 11. The molecule has 0 bridgehead atoms. The van der Waals surface area contributed by atoms with Crippen LogP contribution in [0.3, 0.4) is 0 Å². The van der Waals surface area contributed by atoms with E-state index in [1.807, 2.05) is 97.1 Å². The molecular weight excluding hydrogens is 1310 g/mol. The number of nitrogens with zero attached hydrogens (tertiary/aromatic N) is 5. The summed E-state index contributed by atoms with van der Waals surface area (Å²) in [6.45, 7) is 8.22. The number of para-hydroxylation sites is 7. The van der Waals surface area contributed by atoms with E-state index in [0.29, 0.717) is 17.7 Å². The first-order chi connectivity index (χ1) is 49.4. The molecule has 0 saturated carbocycles. The second kappa shape index (κ2) is 24.8. The van der Waals surface area contributed by atoms with Crippen molar-refractivity contribution in [2.75, 3.05) is 0 Å². The monoisotopic (exact) mass is 1370 g/mol. The Morgan fingerprint density at radius 1 is 0.297 bits per heavy atom. The highest BCUT2D eigenvalue weighted by Crippen LogP contribution is 2.41. The Bertz CT molecular complexity index is 6090. The minimum Gasteiger partial charge on any atom is -0.436 e. The minimum absolute atomic E-state index is 0.337. The Balaban J connectivity index is 0.000000126. The molecule has 0 spiro atoms. The largest absolute Gasteiger partial charge is 0.494 e. The zero-order valence-electron chi connectivity index (χ0n) is 55.7. The van der Waals surface area contributed by atoms with Gasteiger partial charge >= 0.3 is 7.12 Å². The molecule has 6 heterocycles. The van der Waals surface area contributed by atoms with Crippen molar-refractivity contribution in [3.63, 3.8) is 0 Å². The summed E-state index contributed by atoms with van der Waals surface area (Å²) in [7, 11) is -0.354. The SMILES string of the molecule is Brc1ccc2c(c1)c1ccccc1n2-c1ccc2ccccc2c1.CC1(C)OB(c2ccc(-c3nc4ccccc4o3)cc2)OC1(C)C.c1ccc2cc(-n3c4ccc(-c5ccc(-c6nc7ccccc7o6)cc5)cc4c4cc(-c5ccc(-c6nc7ccccc7o6)cc5)ccc43)ccc2c1. The highest BCUT2D eigenvalue weighted by molar-refractivity contribution is 9.10. The normalized spacial score (nSPS) is 13.5. The molecule has 484 valence electrons. The number of benzene rings is 14. The van der Waals surface area contributed by atoms with Crippen LogP contribution in [0.1, 0.15) is 27.7 Å². The number of hydrogen-bond donors (Lipinski definition) is 0. The minimum atomic E-state index is -0.354. The summed E-state index contributed by atoms with van der Waals surface area (Å²) in [6.07, 6.45) is 0. The summed E-state index contributed by atoms with van der Waals surface area (Å²) in [6, 6.07) is 108. The third kappa shape index (κ3) is 11.3. The summed E-state index contributed by atoms with van der Waals surface area (Å²) in [4.78, 5) is 13.9. The van der Waals surface area contributed by atoms with E-state index in [-0.39, 0.29) is 18.3 Å². The van der Waals surface area contributed by atoms with Gasteiger partial charge in [0.2, 0.25) is 17.7 Å². The molecular formula is C89H63BBrN5O5. The van der Waals surface area contributed by atoms with E-state index in [2.05, 4.69) is 270 Å². The van der Waals surface area contributed by atoms with Gasteiger partial charge in [0, 0.05) is 54.1 Å². The van der Waals surface area contributed by atoms with Crippen LogP contribution in [-0.4, -0.2) is 42.4 Å². The molecule has 1 aliphatic heterocycles. The Morgan fingerprint density at radius 2 is 0.644 bits per heavy atom. The maximum Gasteiger partial charge on any atom is 0.494 e. The van der Waals surface area contributed by atoms with Crippen LogP contribution >= 0.6 is 15.9 Å². The van der Waals surface area contributed by atoms with Gasteiger partial charge in [-0.25, -0.2) is 15.0 Å². The number of rotatable bonds is 8. The lowest BCUT2D eigenvalue weighted by Gasteiger charge is -2.32. The molecule has 0 radical (unpaired) electrons. The molecule has 101 heavy (non-hydrogen) atoms. The van der Waals surface area contributed by atoms with Crippen molar-refractivity contribution in [2.45, 2.75) is 38.9 Å². The van der Waals surface area contributed by atoms with Gasteiger partial charge in [-0.3, -0.25) is 0 Å². The Hall–Kier alpha value is -11.9. The smallest absolute Gasteiger partial charge is 0.436 e. The van der Waals surface area contributed by atoms with Crippen LogP contribution in [0, 0.1) is 0 Å². The van der Waals surface area contributed by atoms with E-state index in [1.165, 1.54) is 59.8 Å². The summed E-state index contributed by atoms with van der Waals surface area (Å²) < 4.78 is 35.9. The standard InChI is InChI=1S/C48H29N3O2.C22H14BrN.C19H20BNO3/c1-2-8-35-27-38(24-21-30(35)7-1)51-43-25-22-36(31-13-17-33(18-14-31)47-49-41-9-3-5-11-45(41)52-47)28-39(43)40-29-37(23-26-44(40)51)32-15-19-34(20-16-32)48-50-42-10-4-6-12-46(42)53-48;23-17-10-12-22-20(14-17)19-7-3-4-8-21(19)24(22)18-11-9-15-5-1-2-6-16(15)13-18;1-18(2)19(3,4)24-20(23-18)14-11-9-13(10-12-14)17-21-15-7-5-6-8-16(15)22-17/h1-29H;1-14H;5-12H,1-4H3. The highest BCUT2D eigenvalue weighted by Gasteiger charge is 2.51. The van der Waals surface area contributed by atoms with Gasteiger partial charge in [0.25, 0.3) is 0 Å². The lowest BCUT2D eigenvalue weighted by Crippen LogP contribution is -2.41. The van der Waals surface area contributed by atoms with Gasteiger partial charge in [-0.15, -0.1) is 0 Å². The van der Waals surface area contributed by atoms with Gasteiger partial charge in [-0.05, 0) is 223 Å². The van der Waals surface area contributed by atoms with E-state index >= 15 is 0 Å². The van der Waals surface area contributed by atoms with Gasteiger partial charge in [-0.2, -0.15) is 0 Å². The summed E-state index contributed by atoms with van der Waals surface area (Å²) >= 11 is 3.61. The molecule has 0 aliphatic carbocycles. The van der Waals surface area contributed by atoms with Crippen molar-refractivity contribution in [2.24, 2.45) is 0 Å². The fourth-order valence-corrected chi connectivity index (χ4v) is 14.2. The van der Waals surface area contributed by atoms with E-state index in [9.17, 15) is 0 Å². The van der Waals surface area contributed by atoms with Gasteiger partial charge < -0.3 is 31.7 Å². The molecule has 0 atom stereocenters. The first-order valence-electron chi connectivity index (χ1n) is 33.9. The van der Waals surface area contributed by atoms with Crippen molar-refractivity contribution in [1.29, 1.82) is 0 Å². The molecule has 0 amide bonds. The molecule has 14 aromatic carbocycles. The Kier molecular flexibility index (Phi) is 15.1. The second-order valence-corrected chi connectivity index (χ2v) is 27.6. The molecule has 12 heteroatoms. The lowest BCUT2D eigenvalue weighted by molar-refractivity contribution is 0.00578. The number of oxazole rings is 3. The number of halogens is 1. The van der Waals surface area contributed by atoms with Crippen molar-refractivity contribution < 1.29 is 22.6 Å². The number of aromatic nitrogens is 5. The highest BCUT2D eigenvalue weighted by atomic mass is 79.9. The molecule has 1 fully saturated rings. The third-order valence-corrected chi connectivity index (χ3v) is 20.4. The van der Waals surface area contributed by atoms with Crippen LogP contribution in [0.25, 0.3) is 166 Å². The molecule has 1 saturated heterocycles. The third-order valence-electron chi connectivity index (χ3n) is 19.9. The first kappa shape index (κ1) is 61.4. The van der Waals surface area contributed by atoms with Gasteiger partial charge in [0.05, 0.1) is 33.3 Å². The van der Waals surface area contributed by atoms with E-state index < -0.39 is 0 Å². The first-order valence-corrected chi connectivity index (χ1v) is 34.7. The molecule has 20 rings (SSSR count). The maximum atomic E-state index is 6.08.